The predicted molar refractivity (Wildman–Crippen MR) is 55.0 cm³/mol. The van der Waals surface area contributed by atoms with E-state index in [2.05, 4.69) is 10.1 Å². The summed E-state index contributed by atoms with van der Waals surface area (Å²) in [5.41, 5.74) is 7.21. The number of nitrogens with two attached hydrogens (primary N) is 1. The molecule has 15 heavy (non-hydrogen) atoms. The van der Waals surface area contributed by atoms with Crippen LogP contribution in [0.3, 0.4) is 0 Å². The van der Waals surface area contributed by atoms with E-state index in [1.165, 1.54) is 4.68 Å². The van der Waals surface area contributed by atoms with Gasteiger partial charge in [-0.05, 0) is 18.2 Å². The van der Waals surface area contributed by atoms with Crippen LogP contribution in [0.5, 0.6) is 0 Å². The molecule has 0 aromatic carbocycles. The third-order valence-electron chi connectivity index (χ3n) is 2.11. The minimum Gasteiger partial charge on any atom is -0.364 e. The smallest absolute Gasteiger partial charge is 0.266 e. The zero-order valence-corrected chi connectivity index (χ0v) is 8.21. The molecule has 5 nitrogen and oxygen atoms in total. The zero-order chi connectivity index (χ0) is 10.8. The first-order chi connectivity index (χ1) is 7.18. The molecule has 2 aromatic heterocycles. The zero-order valence-electron chi connectivity index (χ0n) is 8.21. The van der Waals surface area contributed by atoms with E-state index in [0.717, 1.165) is 5.56 Å². The SMILES string of the molecule is Cn1nc(-c2ccncc2)cc1C(N)=O. The molecule has 2 rings (SSSR count). The molecule has 0 aliphatic rings. The highest BCUT2D eigenvalue weighted by Gasteiger charge is 2.10. The molecule has 0 aliphatic heterocycles. The van der Waals surface area contributed by atoms with Crippen molar-refractivity contribution in [3.8, 4) is 11.3 Å². The number of carbonyl (C=O) groups is 1. The van der Waals surface area contributed by atoms with Crippen LogP contribution in [0.25, 0.3) is 11.3 Å². The molecule has 76 valence electrons. The summed E-state index contributed by atoms with van der Waals surface area (Å²) < 4.78 is 1.47. The number of nitrogens with zero attached hydrogens (tertiary/aromatic N) is 3. The number of amides is 1. The number of carbonyl (C=O) groups excluding carboxylic acids is 1. The monoisotopic (exact) mass is 202 g/mol. The van der Waals surface area contributed by atoms with E-state index in [9.17, 15) is 4.79 Å². The van der Waals surface area contributed by atoms with Crippen molar-refractivity contribution in [2.75, 3.05) is 0 Å². The molecular formula is C10H10N4O. The lowest BCUT2D eigenvalue weighted by Gasteiger charge is -1.93. The summed E-state index contributed by atoms with van der Waals surface area (Å²) in [4.78, 5) is 14.9. The van der Waals surface area contributed by atoms with E-state index >= 15 is 0 Å². The summed E-state index contributed by atoms with van der Waals surface area (Å²) in [6, 6.07) is 5.32. The highest BCUT2D eigenvalue weighted by atomic mass is 16.1. The molecule has 1 amide bonds. The first kappa shape index (κ1) is 9.39. The molecule has 0 saturated heterocycles. The molecule has 5 heteroatoms. The van der Waals surface area contributed by atoms with Gasteiger partial charge in [0.15, 0.2) is 0 Å². The highest BCUT2D eigenvalue weighted by molar-refractivity contribution is 5.92. The average Bonchev–Trinajstić information content (AvgIpc) is 2.62. The second-order valence-corrected chi connectivity index (χ2v) is 3.14. The molecule has 0 bridgehead atoms. The number of aromatic nitrogens is 3. The van der Waals surface area contributed by atoms with E-state index in [0.29, 0.717) is 11.4 Å². The van der Waals surface area contributed by atoms with E-state index < -0.39 is 5.91 Å². The molecule has 0 spiro atoms. The Hall–Kier alpha value is -2.17. The van der Waals surface area contributed by atoms with Gasteiger partial charge in [0, 0.05) is 25.0 Å². The molecule has 0 fully saturated rings. The summed E-state index contributed by atoms with van der Waals surface area (Å²) in [7, 11) is 1.69. The first-order valence-corrected chi connectivity index (χ1v) is 4.42. The summed E-state index contributed by atoms with van der Waals surface area (Å²) in [6.07, 6.45) is 3.35. The van der Waals surface area contributed by atoms with Gasteiger partial charge in [0.25, 0.3) is 5.91 Å². The fourth-order valence-corrected chi connectivity index (χ4v) is 1.36. The van der Waals surface area contributed by atoms with Crippen LogP contribution in [0, 0.1) is 0 Å². The molecule has 0 saturated carbocycles. The van der Waals surface area contributed by atoms with Gasteiger partial charge in [-0.3, -0.25) is 14.5 Å². The van der Waals surface area contributed by atoms with Crippen molar-refractivity contribution < 1.29 is 4.79 Å². The molecule has 0 atom stereocenters. The molecule has 0 radical (unpaired) electrons. The number of aryl methyl sites for hydroxylation is 1. The van der Waals surface area contributed by atoms with Gasteiger partial charge < -0.3 is 5.73 Å². The average molecular weight is 202 g/mol. The number of rotatable bonds is 2. The quantitative estimate of drug-likeness (QED) is 0.774. The van der Waals surface area contributed by atoms with Crippen LogP contribution < -0.4 is 5.73 Å². The topological polar surface area (TPSA) is 73.8 Å². The number of hydrogen-bond acceptors (Lipinski definition) is 3. The van der Waals surface area contributed by atoms with Gasteiger partial charge in [0.1, 0.15) is 5.69 Å². The van der Waals surface area contributed by atoms with Crippen molar-refractivity contribution in [3.63, 3.8) is 0 Å². The lowest BCUT2D eigenvalue weighted by Crippen LogP contribution is -2.15. The normalized spacial score (nSPS) is 10.2. The predicted octanol–water partition coefficient (Wildman–Crippen LogP) is 0.581. The van der Waals surface area contributed by atoms with E-state index in [-0.39, 0.29) is 0 Å². The summed E-state index contributed by atoms with van der Waals surface area (Å²) in [5, 5.41) is 4.19. The van der Waals surface area contributed by atoms with E-state index in [4.69, 9.17) is 5.73 Å². The Bertz CT molecular complexity index is 489. The molecular weight excluding hydrogens is 192 g/mol. The number of pyridine rings is 1. The van der Waals surface area contributed by atoms with Crippen molar-refractivity contribution in [1.82, 2.24) is 14.8 Å². The van der Waals surface area contributed by atoms with Gasteiger partial charge in [-0.2, -0.15) is 5.10 Å². The summed E-state index contributed by atoms with van der Waals surface area (Å²) in [6.45, 7) is 0. The molecule has 2 N–H and O–H groups in total. The Balaban J connectivity index is 2.48. The standard InChI is InChI=1S/C10H10N4O/c1-14-9(10(11)15)6-8(13-14)7-2-4-12-5-3-7/h2-6H,1H3,(H2,11,15). The van der Waals surface area contributed by atoms with Crippen LogP contribution in [0.2, 0.25) is 0 Å². The Morgan fingerprint density at radius 2 is 2.07 bits per heavy atom. The van der Waals surface area contributed by atoms with Gasteiger partial charge >= 0.3 is 0 Å². The van der Waals surface area contributed by atoms with Crippen LogP contribution in [-0.4, -0.2) is 20.7 Å². The Morgan fingerprint density at radius 3 is 2.60 bits per heavy atom. The van der Waals surface area contributed by atoms with Gasteiger partial charge in [0.2, 0.25) is 0 Å². The maximum absolute atomic E-state index is 11.0. The Morgan fingerprint density at radius 1 is 1.40 bits per heavy atom. The van der Waals surface area contributed by atoms with Crippen LogP contribution in [0.1, 0.15) is 10.5 Å². The fraction of sp³-hybridized carbons (Fsp3) is 0.100. The summed E-state index contributed by atoms with van der Waals surface area (Å²) in [5.74, 6) is -0.481. The lowest BCUT2D eigenvalue weighted by molar-refractivity contribution is 0.0991. The van der Waals surface area contributed by atoms with Crippen molar-refractivity contribution in [2.45, 2.75) is 0 Å². The van der Waals surface area contributed by atoms with Gasteiger partial charge in [0.05, 0.1) is 5.69 Å². The van der Waals surface area contributed by atoms with Crippen molar-refractivity contribution in [2.24, 2.45) is 12.8 Å². The fourth-order valence-electron chi connectivity index (χ4n) is 1.36. The van der Waals surface area contributed by atoms with Crippen molar-refractivity contribution in [1.29, 1.82) is 0 Å². The minimum atomic E-state index is -0.481. The Labute approximate surface area is 86.5 Å². The second kappa shape index (κ2) is 3.53. The van der Waals surface area contributed by atoms with Crippen LogP contribution >= 0.6 is 0 Å². The molecule has 2 aromatic rings. The second-order valence-electron chi connectivity index (χ2n) is 3.14. The van der Waals surface area contributed by atoms with E-state index in [1.807, 2.05) is 12.1 Å². The van der Waals surface area contributed by atoms with Gasteiger partial charge in [-0.1, -0.05) is 0 Å². The van der Waals surface area contributed by atoms with Gasteiger partial charge in [-0.15, -0.1) is 0 Å². The number of hydrogen-bond donors (Lipinski definition) is 1. The van der Waals surface area contributed by atoms with Crippen molar-refractivity contribution in [3.05, 3.63) is 36.3 Å². The minimum absolute atomic E-state index is 0.391. The van der Waals surface area contributed by atoms with Gasteiger partial charge in [-0.25, -0.2) is 0 Å². The number of primary amides is 1. The Kier molecular flexibility index (Phi) is 2.21. The maximum Gasteiger partial charge on any atom is 0.266 e. The van der Waals surface area contributed by atoms with Crippen LogP contribution in [0.15, 0.2) is 30.6 Å². The molecule has 2 heterocycles. The van der Waals surface area contributed by atoms with Crippen LogP contribution in [-0.2, 0) is 7.05 Å². The summed E-state index contributed by atoms with van der Waals surface area (Å²) >= 11 is 0. The highest BCUT2D eigenvalue weighted by Crippen LogP contribution is 2.17. The first-order valence-electron chi connectivity index (χ1n) is 4.42. The molecule has 0 aliphatic carbocycles. The van der Waals surface area contributed by atoms with Crippen LogP contribution in [0.4, 0.5) is 0 Å². The lowest BCUT2D eigenvalue weighted by atomic mass is 10.2. The maximum atomic E-state index is 11.0. The third kappa shape index (κ3) is 1.71. The van der Waals surface area contributed by atoms with Crippen molar-refractivity contribution >= 4 is 5.91 Å². The third-order valence-corrected chi connectivity index (χ3v) is 2.11. The largest absolute Gasteiger partial charge is 0.364 e. The van der Waals surface area contributed by atoms with E-state index in [1.54, 1.807) is 25.5 Å². The molecule has 0 unspecified atom stereocenters.